The molecule has 0 radical (unpaired) electrons. The molecule has 32 heavy (non-hydrogen) atoms. The SMILES string of the molecule is O=C(CC=C(C(=O)O)C1N=CSN1NC(=O)OCc1ccccc1)OCc1ccccc1. The molecule has 1 unspecified atom stereocenters. The number of aliphatic carboxylic acids is 1. The van der Waals surface area contributed by atoms with Crippen LogP contribution in [-0.2, 0) is 32.3 Å². The number of amides is 1. The van der Waals surface area contributed by atoms with Gasteiger partial charge in [-0.25, -0.2) is 15.0 Å². The molecule has 0 aromatic heterocycles. The van der Waals surface area contributed by atoms with Crippen molar-refractivity contribution in [2.45, 2.75) is 25.8 Å². The van der Waals surface area contributed by atoms with Crippen LogP contribution in [-0.4, -0.2) is 39.3 Å². The summed E-state index contributed by atoms with van der Waals surface area (Å²) in [5.74, 6) is -1.85. The van der Waals surface area contributed by atoms with Gasteiger partial charge in [-0.2, -0.15) is 0 Å². The van der Waals surface area contributed by atoms with Crippen LogP contribution in [0.15, 0.2) is 77.3 Å². The average molecular weight is 455 g/mol. The van der Waals surface area contributed by atoms with Crippen molar-refractivity contribution in [2.24, 2.45) is 4.99 Å². The summed E-state index contributed by atoms with van der Waals surface area (Å²) in [6.07, 6.45) is -0.808. The number of rotatable bonds is 9. The first kappa shape index (κ1) is 23.0. The van der Waals surface area contributed by atoms with Crippen LogP contribution in [0.3, 0.4) is 0 Å². The van der Waals surface area contributed by atoms with Gasteiger partial charge in [-0.05, 0) is 23.1 Å². The van der Waals surface area contributed by atoms with Crippen LogP contribution in [0.5, 0.6) is 0 Å². The lowest BCUT2D eigenvalue weighted by Crippen LogP contribution is -2.43. The molecule has 0 bridgehead atoms. The second-order valence-electron chi connectivity index (χ2n) is 6.55. The zero-order chi connectivity index (χ0) is 22.8. The molecule has 0 aliphatic carbocycles. The van der Waals surface area contributed by atoms with E-state index in [-0.39, 0.29) is 25.2 Å². The maximum absolute atomic E-state index is 12.1. The van der Waals surface area contributed by atoms with E-state index in [1.807, 2.05) is 60.7 Å². The Kier molecular flexibility index (Phi) is 8.41. The van der Waals surface area contributed by atoms with Gasteiger partial charge >= 0.3 is 18.0 Å². The first-order chi connectivity index (χ1) is 15.5. The van der Waals surface area contributed by atoms with E-state index in [0.717, 1.165) is 23.1 Å². The monoisotopic (exact) mass is 455 g/mol. The van der Waals surface area contributed by atoms with E-state index in [1.165, 1.54) is 16.0 Å². The van der Waals surface area contributed by atoms with Crippen molar-refractivity contribution >= 4 is 35.5 Å². The summed E-state index contributed by atoms with van der Waals surface area (Å²) in [5.41, 5.74) is 5.31. The fraction of sp³-hybridized carbons (Fsp3) is 0.182. The number of carboxylic acids is 1. The quantitative estimate of drug-likeness (QED) is 0.336. The molecule has 0 fully saturated rings. The number of aliphatic imine (C=N–C) groups is 1. The van der Waals surface area contributed by atoms with Gasteiger partial charge in [0.2, 0.25) is 0 Å². The van der Waals surface area contributed by atoms with Crippen molar-refractivity contribution in [3.8, 4) is 0 Å². The summed E-state index contributed by atoms with van der Waals surface area (Å²) in [6.45, 7) is 0.153. The lowest BCUT2D eigenvalue weighted by Gasteiger charge is -2.22. The van der Waals surface area contributed by atoms with Crippen molar-refractivity contribution in [3.05, 3.63) is 83.4 Å². The number of carbonyl (C=O) groups excluding carboxylic acids is 2. The number of nitrogens with zero attached hydrogens (tertiary/aromatic N) is 2. The fourth-order valence-corrected chi connectivity index (χ4v) is 3.37. The molecule has 0 saturated carbocycles. The zero-order valence-corrected chi connectivity index (χ0v) is 17.7. The van der Waals surface area contributed by atoms with Gasteiger partial charge in [0, 0.05) is 0 Å². The summed E-state index contributed by atoms with van der Waals surface area (Å²) in [6, 6.07) is 18.3. The Morgan fingerprint density at radius 2 is 1.59 bits per heavy atom. The molecule has 10 heteroatoms. The Balaban J connectivity index is 1.54. The second kappa shape index (κ2) is 11.7. The number of carbonyl (C=O) groups is 3. The van der Waals surface area contributed by atoms with Crippen LogP contribution in [0, 0.1) is 0 Å². The normalized spacial score (nSPS) is 15.9. The Morgan fingerprint density at radius 3 is 2.19 bits per heavy atom. The van der Waals surface area contributed by atoms with E-state index in [0.29, 0.717) is 0 Å². The van der Waals surface area contributed by atoms with Crippen LogP contribution in [0.2, 0.25) is 0 Å². The Hall–Kier alpha value is -3.63. The van der Waals surface area contributed by atoms with Gasteiger partial charge in [0.15, 0.2) is 6.17 Å². The number of nitrogens with one attached hydrogen (secondary N) is 1. The molecule has 166 valence electrons. The van der Waals surface area contributed by atoms with E-state index in [2.05, 4.69) is 10.4 Å². The molecule has 3 rings (SSSR count). The standard InChI is InChI=1S/C22H21N3O6S/c26-19(30-13-16-7-3-1-4-8-16)12-11-18(21(27)28)20-23-15-32-25(20)24-22(29)31-14-17-9-5-2-6-10-17/h1-11,15,20H,12-14H2,(H,24,29)(H,27,28). The molecular weight excluding hydrogens is 434 g/mol. The van der Waals surface area contributed by atoms with E-state index in [9.17, 15) is 19.5 Å². The summed E-state index contributed by atoms with van der Waals surface area (Å²) in [5, 5.41) is 9.58. The molecule has 1 aliphatic heterocycles. The smallest absolute Gasteiger partial charge is 0.422 e. The highest BCUT2D eigenvalue weighted by Gasteiger charge is 2.32. The molecule has 2 aromatic rings. The summed E-state index contributed by atoms with van der Waals surface area (Å²) in [7, 11) is 0. The lowest BCUT2D eigenvalue weighted by atomic mass is 10.1. The lowest BCUT2D eigenvalue weighted by molar-refractivity contribution is -0.143. The summed E-state index contributed by atoms with van der Waals surface area (Å²) >= 11 is 0.997. The highest BCUT2D eigenvalue weighted by atomic mass is 32.2. The number of carboxylic acid groups (broad SMARTS) is 1. The number of esters is 1. The molecule has 1 amide bonds. The van der Waals surface area contributed by atoms with E-state index < -0.39 is 24.2 Å². The summed E-state index contributed by atoms with van der Waals surface area (Å²) in [4.78, 5) is 40.0. The maximum atomic E-state index is 12.1. The third kappa shape index (κ3) is 6.96. The third-order valence-electron chi connectivity index (χ3n) is 4.26. The van der Waals surface area contributed by atoms with Crippen LogP contribution < -0.4 is 5.43 Å². The predicted molar refractivity (Wildman–Crippen MR) is 118 cm³/mol. The van der Waals surface area contributed by atoms with Crippen LogP contribution in [0.4, 0.5) is 4.79 Å². The number of benzene rings is 2. The maximum Gasteiger partial charge on any atom is 0.422 e. The predicted octanol–water partition coefficient (Wildman–Crippen LogP) is 3.29. The second-order valence-corrected chi connectivity index (χ2v) is 7.36. The molecule has 2 aromatic carbocycles. The fourth-order valence-electron chi connectivity index (χ4n) is 2.69. The number of hydrogen-bond acceptors (Lipinski definition) is 8. The Morgan fingerprint density at radius 1 is 1.00 bits per heavy atom. The van der Waals surface area contributed by atoms with Gasteiger partial charge in [-0.3, -0.25) is 9.79 Å². The van der Waals surface area contributed by atoms with Crippen LogP contribution in [0.1, 0.15) is 17.5 Å². The first-order valence-electron chi connectivity index (χ1n) is 9.61. The van der Waals surface area contributed by atoms with Crippen LogP contribution >= 0.6 is 11.9 Å². The van der Waals surface area contributed by atoms with Gasteiger partial charge < -0.3 is 14.6 Å². The van der Waals surface area contributed by atoms with E-state index in [4.69, 9.17) is 9.47 Å². The van der Waals surface area contributed by atoms with Crippen molar-refractivity contribution in [3.63, 3.8) is 0 Å². The highest BCUT2D eigenvalue weighted by molar-refractivity contribution is 8.10. The van der Waals surface area contributed by atoms with Crippen LogP contribution in [0.25, 0.3) is 0 Å². The molecule has 9 nitrogen and oxygen atoms in total. The molecule has 1 heterocycles. The molecule has 1 aliphatic rings. The Labute approximate surface area is 188 Å². The number of ether oxygens (including phenoxy) is 2. The Bertz CT molecular complexity index is 997. The average Bonchev–Trinajstić information content (AvgIpc) is 3.25. The van der Waals surface area contributed by atoms with Crippen molar-refractivity contribution in [2.75, 3.05) is 0 Å². The molecule has 2 N–H and O–H groups in total. The molecule has 1 atom stereocenters. The molecule has 0 saturated heterocycles. The number of hydrazine groups is 1. The minimum absolute atomic E-state index is 0.0611. The van der Waals surface area contributed by atoms with Crippen molar-refractivity contribution in [1.82, 2.24) is 9.84 Å². The first-order valence-corrected chi connectivity index (χ1v) is 10.4. The van der Waals surface area contributed by atoms with Gasteiger partial charge in [-0.1, -0.05) is 66.7 Å². The highest BCUT2D eigenvalue weighted by Crippen LogP contribution is 2.24. The minimum Gasteiger partial charge on any atom is -0.478 e. The van der Waals surface area contributed by atoms with E-state index >= 15 is 0 Å². The number of hydrogen-bond donors (Lipinski definition) is 2. The van der Waals surface area contributed by atoms with Crippen molar-refractivity contribution in [1.29, 1.82) is 0 Å². The van der Waals surface area contributed by atoms with Crippen molar-refractivity contribution < 1.29 is 29.0 Å². The van der Waals surface area contributed by atoms with Gasteiger partial charge in [-0.15, -0.1) is 4.41 Å². The zero-order valence-electron chi connectivity index (χ0n) is 16.9. The van der Waals surface area contributed by atoms with Gasteiger partial charge in [0.05, 0.1) is 17.5 Å². The third-order valence-corrected chi connectivity index (χ3v) is 4.99. The largest absolute Gasteiger partial charge is 0.478 e. The topological polar surface area (TPSA) is 118 Å². The van der Waals surface area contributed by atoms with E-state index in [1.54, 1.807) is 0 Å². The minimum atomic E-state index is -1.27. The molecule has 0 spiro atoms. The van der Waals surface area contributed by atoms with Gasteiger partial charge in [0.1, 0.15) is 13.2 Å². The summed E-state index contributed by atoms with van der Waals surface area (Å²) < 4.78 is 11.6. The van der Waals surface area contributed by atoms with Gasteiger partial charge in [0.25, 0.3) is 0 Å². The molecular formula is C22H21N3O6S.